The fraction of sp³-hybridized carbons (Fsp3) is 0.286. The van der Waals surface area contributed by atoms with Crippen molar-refractivity contribution in [3.05, 3.63) is 56.1 Å². The molecule has 1 aromatic heterocycles. The minimum Gasteiger partial charge on any atom is -0.310 e. The highest BCUT2D eigenvalue weighted by atomic mass is 16.6. The quantitative estimate of drug-likeness (QED) is 0.687. The number of aromatic amines is 1. The van der Waals surface area contributed by atoms with E-state index in [0.29, 0.717) is 22.6 Å². The van der Waals surface area contributed by atoms with E-state index < -0.39 is 4.92 Å². The lowest BCUT2D eigenvalue weighted by Gasteiger charge is -2.09. The number of hydrogen-bond donors (Lipinski definition) is 1. The molecule has 1 aromatic carbocycles. The second kappa shape index (κ2) is 5.24. The van der Waals surface area contributed by atoms with Gasteiger partial charge >= 0.3 is 0 Å². The number of benzene rings is 1. The molecule has 0 fully saturated rings. The summed E-state index contributed by atoms with van der Waals surface area (Å²) in [6, 6.07) is 6.14. The summed E-state index contributed by atoms with van der Waals surface area (Å²) < 4.78 is 0. The molecule has 0 amide bonds. The molecule has 0 aliphatic heterocycles. The van der Waals surface area contributed by atoms with E-state index in [2.05, 4.69) is 9.97 Å². The van der Waals surface area contributed by atoms with Gasteiger partial charge in [0.05, 0.1) is 10.6 Å². The molecule has 0 bridgehead atoms. The Bertz CT molecular complexity index is 720. The Hall–Kier alpha value is -2.50. The lowest BCUT2D eigenvalue weighted by atomic mass is 10.1. The van der Waals surface area contributed by atoms with Crippen LogP contribution in [0.25, 0.3) is 11.3 Å². The number of aromatic nitrogens is 2. The maximum Gasteiger partial charge on any atom is 0.270 e. The van der Waals surface area contributed by atoms with Crippen LogP contribution < -0.4 is 5.56 Å². The minimum atomic E-state index is -0.463. The van der Waals surface area contributed by atoms with Gasteiger partial charge in [-0.3, -0.25) is 14.9 Å². The van der Waals surface area contributed by atoms with E-state index in [1.54, 1.807) is 19.1 Å². The Kier molecular flexibility index (Phi) is 3.65. The largest absolute Gasteiger partial charge is 0.310 e. The van der Waals surface area contributed by atoms with E-state index in [1.165, 1.54) is 12.1 Å². The number of nitro groups is 1. The number of rotatable bonds is 3. The van der Waals surface area contributed by atoms with Crippen LogP contribution in [-0.4, -0.2) is 14.9 Å². The molecule has 2 aromatic rings. The summed E-state index contributed by atoms with van der Waals surface area (Å²) >= 11 is 0. The Balaban J connectivity index is 2.65. The van der Waals surface area contributed by atoms with Crippen LogP contribution >= 0.6 is 0 Å². The van der Waals surface area contributed by atoms with Gasteiger partial charge in [-0.1, -0.05) is 26.0 Å². The number of nitrogens with zero attached hydrogens (tertiary/aromatic N) is 2. The lowest BCUT2D eigenvalue weighted by Crippen LogP contribution is -2.16. The van der Waals surface area contributed by atoms with E-state index in [0.717, 1.165) is 0 Å². The molecule has 0 saturated heterocycles. The molecule has 6 heteroatoms. The van der Waals surface area contributed by atoms with Gasteiger partial charge in [-0.25, -0.2) is 4.98 Å². The van der Waals surface area contributed by atoms with Gasteiger partial charge in [0.25, 0.3) is 11.2 Å². The van der Waals surface area contributed by atoms with Crippen LogP contribution in [0.15, 0.2) is 29.1 Å². The first kappa shape index (κ1) is 13.9. The summed E-state index contributed by atoms with van der Waals surface area (Å²) in [4.78, 5) is 29.4. The van der Waals surface area contributed by atoms with E-state index in [-0.39, 0.29) is 17.2 Å². The number of H-pyrrole nitrogens is 1. The molecule has 1 N–H and O–H groups in total. The van der Waals surface area contributed by atoms with Crippen molar-refractivity contribution in [2.45, 2.75) is 26.7 Å². The van der Waals surface area contributed by atoms with Crippen LogP contribution in [0.1, 0.15) is 31.2 Å². The zero-order valence-corrected chi connectivity index (χ0v) is 11.5. The smallest absolute Gasteiger partial charge is 0.270 e. The second-order valence-electron chi connectivity index (χ2n) is 4.89. The van der Waals surface area contributed by atoms with Gasteiger partial charge in [0.2, 0.25) is 0 Å². The van der Waals surface area contributed by atoms with Crippen molar-refractivity contribution in [1.82, 2.24) is 9.97 Å². The van der Waals surface area contributed by atoms with Crippen LogP contribution in [0.3, 0.4) is 0 Å². The number of hydrogen-bond acceptors (Lipinski definition) is 4. The molecule has 104 valence electrons. The third-order valence-electron chi connectivity index (χ3n) is 3.05. The highest BCUT2D eigenvalue weighted by Crippen LogP contribution is 2.24. The molecule has 0 spiro atoms. The van der Waals surface area contributed by atoms with E-state index >= 15 is 0 Å². The fourth-order valence-corrected chi connectivity index (χ4v) is 1.87. The van der Waals surface area contributed by atoms with E-state index in [4.69, 9.17) is 0 Å². The first-order chi connectivity index (χ1) is 9.40. The summed E-state index contributed by atoms with van der Waals surface area (Å²) in [6.45, 7) is 5.50. The molecule has 0 atom stereocenters. The molecule has 1 heterocycles. The molecule has 0 radical (unpaired) electrons. The SMILES string of the molecule is Cc1c(-c2cccc([N+](=O)[O-])c2)nc(C(C)C)[nH]c1=O. The zero-order chi connectivity index (χ0) is 14.9. The Morgan fingerprint density at radius 1 is 1.35 bits per heavy atom. The normalized spacial score (nSPS) is 10.8. The lowest BCUT2D eigenvalue weighted by molar-refractivity contribution is -0.384. The van der Waals surface area contributed by atoms with Gasteiger partial charge in [-0.05, 0) is 6.92 Å². The topological polar surface area (TPSA) is 88.9 Å². The maximum absolute atomic E-state index is 11.9. The zero-order valence-electron chi connectivity index (χ0n) is 11.5. The predicted octanol–water partition coefficient (Wildman–Crippen LogP) is 2.78. The highest BCUT2D eigenvalue weighted by molar-refractivity contribution is 5.65. The molecular formula is C14H15N3O3. The third-order valence-corrected chi connectivity index (χ3v) is 3.05. The standard InChI is InChI=1S/C14H15N3O3/c1-8(2)13-15-12(9(3)14(18)16-13)10-5-4-6-11(7-10)17(19)20/h4-8H,1-3H3,(H,15,16,18). The van der Waals surface area contributed by atoms with Gasteiger partial charge < -0.3 is 4.98 Å². The molecule has 0 saturated carbocycles. The second-order valence-corrected chi connectivity index (χ2v) is 4.89. The number of nitro benzene ring substituents is 1. The molecule has 6 nitrogen and oxygen atoms in total. The summed E-state index contributed by atoms with van der Waals surface area (Å²) in [5.74, 6) is 0.642. The maximum atomic E-state index is 11.9. The van der Waals surface area contributed by atoms with Crippen molar-refractivity contribution >= 4 is 5.69 Å². The Morgan fingerprint density at radius 2 is 2.05 bits per heavy atom. The van der Waals surface area contributed by atoms with Crippen molar-refractivity contribution < 1.29 is 4.92 Å². The first-order valence-corrected chi connectivity index (χ1v) is 6.25. The van der Waals surface area contributed by atoms with Gasteiger partial charge in [0.15, 0.2) is 0 Å². The number of nitrogens with one attached hydrogen (secondary N) is 1. The third kappa shape index (κ3) is 2.59. The van der Waals surface area contributed by atoms with Gasteiger partial charge in [-0.2, -0.15) is 0 Å². The summed E-state index contributed by atoms with van der Waals surface area (Å²) in [5.41, 5.74) is 1.28. The summed E-state index contributed by atoms with van der Waals surface area (Å²) in [5, 5.41) is 10.8. The highest BCUT2D eigenvalue weighted by Gasteiger charge is 2.14. The van der Waals surface area contributed by atoms with Gasteiger partial charge in [0.1, 0.15) is 5.82 Å². The Morgan fingerprint density at radius 3 is 2.65 bits per heavy atom. The van der Waals surface area contributed by atoms with Crippen molar-refractivity contribution in [3.8, 4) is 11.3 Å². The van der Waals surface area contributed by atoms with Crippen LogP contribution in [0.5, 0.6) is 0 Å². The van der Waals surface area contributed by atoms with Crippen molar-refractivity contribution in [3.63, 3.8) is 0 Å². The van der Waals surface area contributed by atoms with Crippen molar-refractivity contribution in [2.24, 2.45) is 0 Å². The van der Waals surface area contributed by atoms with Gasteiger partial charge in [-0.15, -0.1) is 0 Å². The first-order valence-electron chi connectivity index (χ1n) is 6.25. The molecule has 2 rings (SSSR count). The van der Waals surface area contributed by atoms with E-state index in [1.807, 2.05) is 13.8 Å². The molecule has 0 unspecified atom stereocenters. The van der Waals surface area contributed by atoms with Crippen LogP contribution in [0.4, 0.5) is 5.69 Å². The Labute approximate surface area is 115 Å². The van der Waals surface area contributed by atoms with Crippen LogP contribution in [0.2, 0.25) is 0 Å². The summed E-state index contributed by atoms with van der Waals surface area (Å²) in [7, 11) is 0. The van der Waals surface area contributed by atoms with Crippen LogP contribution in [0, 0.1) is 17.0 Å². The molecule has 20 heavy (non-hydrogen) atoms. The van der Waals surface area contributed by atoms with E-state index in [9.17, 15) is 14.9 Å². The molecular weight excluding hydrogens is 258 g/mol. The average molecular weight is 273 g/mol. The molecule has 0 aliphatic rings. The predicted molar refractivity (Wildman–Crippen MR) is 75.8 cm³/mol. The number of non-ortho nitro benzene ring substituents is 1. The average Bonchev–Trinajstić information content (AvgIpc) is 2.41. The fourth-order valence-electron chi connectivity index (χ4n) is 1.87. The monoisotopic (exact) mass is 273 g/mol. The van der Waals surface area contributed by atoms with Crippen molar-refractivity contribution in [1.29, 1.82) is 0 Å². The van der Waals surface area contributed by atoms with Crippen molar-refractivity contribution in [2.75, 3.05) is 0 Å². The van der Waals surface area contributed by atoms with Gasteiger partial charge in [0, 0.05) is 29.2 Å². The molecule has 0 aliphatic carbocycles. The van der Waals surface area contributed by atoms with Crippen LogP contribution in [-0.2, 0) is 0 Å². The minimum absolute atomic E-state index is 0.0184. The summed E-state index contributed by atoms with van der Waals surface area (Å²) in [6.07, 6.45) is 0.